The van der Waals surface area contributed by atoms with Crippen LogP contribution in [0.4, 0.5) is 17.2 Å². The van der Waals surface area contributed by atoms with Crippen molar-refractivity contribution in [2.45, 2.75) is 0 Å². The van der Waals surface area contributed by atoms with E-state index in [1.165, 1.54) is 12.3 Å². The minimum absolute atomic E-state index is 0.0318. The zero-order chi connectivity index (χ0) is 14.0. The minimum atomic E-state index is -1.12. The molecule has 7 heteroatoms. The van der Waals surface area contributed by atoms with Crippen molar-refractivity contribution in [1.82, 2.24) is 4.98 Å². The SMILES string of the molecule is Nc1c(C(=O)O)ccnc1Nc1cccc(Cl)c1Cl. The predicted octanol–water partition coefficient (Wildman–Crippen LogP) is 3.41. The van der Waals surface area contributed by atoms with Crippen molar-refractivity contribution in [2.75, 3.05) is 11.1 Å². The lowest BCUT2D eigenvalue weighted by atomic mass is 10.2. The number of halogens is 2. The highest BCUT2D eigenvalue weighted by Crippen LogP contribution is 2.33. The number of anilines is 3. The average Bonchev–Trinajstić information content (AvgIpc) is 2.37. The van der Waals surface area contributed by atoms with Crippen LogP contribution in [0.2, 0.25) is 10.0 Å². The van der Waals surface area contributed by atoms with E-state index in [1.54, 1.807) is 18.2 Å². The third-order valence-corrected chi connectivity index (χ3v) is 3.24. The molecule has 0 aliphatic heterocycles. The van der Waals surface area contributed by atoms with Gasteiger partial charge in [0.15, 0.2) is 5.82 Å². The molecule has 0 saturated carbocycles. The number of pyridine rings is 1. The van der Waals surface area contributed by atoms with Crippen LogP contribution in [0, 0.1) is 0 Å². The number of benzene rings is 1. The van der Waals surface area contributed by atoms with Gasteiger partial charge in [0.2, 0.25) is 0 Å². The first kappa shape index (κ1) is 13.5. The Balaban J connectivity index is 2.42. The maximum Gasteiger partial charge on any atom is 0.337 e. The van der Waals surface area contributed by atoms with Crippen LogP contribution >= 0.6 is 23.2 Å². The monoisotopic (exact) mass is 297 g/mol. The third kappa shape index (κ3) is 2.72. The second-order valence-electron chi connectivity index (χ2n) is 3.65. The number of nitrogens with two attached hydrogens (primary N) is 1. The van der Waals surface area contributed by atoms with Crippen molar-refractivity contribution in [1.29, 1.82) is 0 Å². The molecule has 1 heterocycles. The molecule has 4 N–H and O–H groups in total. The molecule has 1 aromatic carbocycles. The molecule has 0 bridgehead atoms. The zero-order valence-corrected chi connectivity index (χ0v) is 11.0. The summed E-state index contributed by atoms with van der Waals surface area (Å²) in [4.78, 5) is 15.0. The van der Waals surface area contributed by atoms with E-state index in [0.29, 0.717) is 15.7 Å². The number of nitrogens with one attached hydrogen (secondary N) is 1. The van der Waals surface area contributed by atoms with Crippen LogP contribution in [0.15, 0.2) is 30.5 Å². The largest absolute Gasteiger partial charge is 0.478 e. The van der Waals surface area contributed by atoms with Crippen LogP contribution in [0.3, 0.4) is 0 Å². The molecule has 1 aromatic heterocycles. The molecule has 2 rings (SSSR count). The smallest absolute Gasteiger partial charge is 0.337 e. The molecule has 0 aliphatic carbocycles. The number of aromatic nitrogens is 1. The number of nitrogens with zero attached hydrogens (tertiary/aromatic N) is 1. The summed E-state index contributed by atoms with van der Waals surface area (Å²) in [6.45, 7) is 0. The van der Waals surface area contributed by atoms with Crippen LogP contribution in [-0.2, 0) is 0 Å². The summed E-state index contributed by atoms with van der Waals surface area (Å²) in [6.07, 6.45) is 1.35. The van der Waals surface area contributed by atoms with Crippen molar-refractivity contribution in [3.05, 3.63) is 46.1 Å². The molecule has 0 unspecified atom stereocenters. The first-order chi connectivity index (χ1) is 9.00. The zero-order valence-electron chi connectivity index (χ0n) is 9.52. The normalized spacial score (nSPS) is 10.2. The number of rotatable bonds is 3. The Bertz CT molecular complexity index is 647. The number of nitrogen functional groups attached to an aromatic ring is 1. The van der Waals surface area contributed by atoms with Gasteiger partial charge in [-0.15, -0.1) is 0 Å². The van der Waals surface area contributed by atoms with Crippen LogP contribution in [-0.4, -0.2) is 16.1 Å². The highest BCUT2D eigenvalue weighted by Gasteiger charge is 2.13. The van der Waals surface area contributed by atoms with Gasteiger partial charge in [0.05, 0.1) is 27.0 Å². The Labute approximate surface area is 119 Å². The van der Waals surface area contributed by atoms with Gasteiger partial charge in [0, 0.05) is 6.20 Å². The quantitative estimate of drug-likeness (QED) is 0.808. The fraction of sp³-hybridized carbons (Fsp3) is 0. The van der Waals surface area contributed by atoms with Gasteiger partial charge in [-0.3, -0.25) is 0 Å². The molecule has 0 amide bonds. The molecule has 5 nitrogen and oxygen atoms in total. The van der Waals surface area contributed by atoms with Crippen molar-refractivity contribution in [2.24, 2.45) is 0 Å². The van der Waals surface area contributed by atoms with Crippen molar-refractivity contribution in [3.63, 3.8) is 0 Å². The Morgan fingerprint density at radius 3 is 2.74 bits per heavy atom. The summed E-state index contributed by atoms with van der Waals surface area (Å²) in [7, 11) is 0. The molecule has 0 fully saturated rings. The van der Waals surface area contributed by atoms with Crippen LogP contribution in [0.1, 0.15) is 10.4 Å². The number of carbonyl (C=O) groups is 1. The Morgan fingerprint density at radius 2 is 2.05 bits per heavy atom. The number of hydrogen-bond acceptors (Lipinski definition) is 4. The Hall–Kier alpha value is -1.98. The van der Waals surface area contributed by atoms with Gasteiger partial charge in [0.1, 0.15) is 0 Å². The standard InChI is InChI=1S/C12H9Cl2N3O2/c13-7-2-1-3-8(9(7)14)17-11-10(15)6(12(18)19)4-5-16-11/h1-5H,15H2,(H,16,17)(H,18,19). The number of aromatic carboxylic acids is 1. The van der Waals surface area contributed by atoms with E-state index in [4.69, 9.17) is 34.0 Å². The van der Waals surface area contributed by atoms with Crippen LogP contribution < -0.4 is 11.1 Å². The molecule has 98 valence electrons. The predicted molar refractivity (Wildman–Crippen MR) is 75.4 cm³/mol. The number of carboxylic acids is 1. The molecule has 2 aromatic rings. The summed E-state index contributed by atoms with van der Waals surface area (Å²) in [5, 5.41) is 12.5. The minimum Gasteiger partial charge on any atom is -0.478 e. The van der Waals surface area contributed by atoms with Gasteiger partial charge < -0.3 is 16.2 Å². The van der Waals surface area contributed by atoms with Crippen LogP contribution in [0.5, 0.6) is 0 Å². The molecule has 19 heavy (non-hydrogen) atoms. The Morgan fingerprint density at radius 1 is 1.32 bits per heavy atom. The molecule has 0 spiro atoms. The van der Waals surface area contributed by atoms with Gasteiger partial charge in [-0.2, -0.15) is 0 Å². The molecule has 0 atom stereocenters. The maximum absolute atomic E-state index is 11.0. The summed E-state index contributed by atoms with van der Waals surface area (Å²) in [6, 6.07) is 6.35. The lowest BCUT2D eigenvalue weighted by Gasteiger charge is -2.11. The lowest BCUT2D eigenvalue weighted by molar-refractivity contribution is 0.0698. The fourth-order valence-electron chi connectivity index (χ4n) is 1.49. The molecule has 0 saturated heterocycles. The molecular formula is C12H9Cl2N3O2. The average molecular weight is 298 g/mol. The van der Waals surface area contributed by atoms with E-state index in [1.807, 2.05) is 0 Å². The van der Waals surface area contributed by atoms with Gasteiger partial charge >= 0.3 is 5.97 Å². The maximum atomic E-state index is 11.0. The van der Waals surface area contributed by atoms with E-state index in [-0.39, 0.29) is 17.1 Å². The summed E-state index contributed by atoms with van der Waals surface area (Å²) < 4.78 is 0. The van der Waals surface area contributed by atoms with E-state index < -0.39 is 5.97 Å². The number of hydrogen-bond donors (Lipinski definition) is 3. The number of carboxylic acid groups (broad SMARTS) is 1. The molecular weight excluding hydrogens is 289 g/mol. The van der Waals surface area contributed by atoms with Gasteiger partial charge in [-0.1, -0.05) is 29.3 Å². The highest BCUT2D eigenvalue weighted by atomic mass is 35.5. The van der Waals surface area contributed by atoms with Crippen LogP contribution in [0.25, 0.3) is 0 Å². The summed E-state index contributed by atoms with van der Waals surface area (Å²) in [5.41, 5.74) is 6.24. The molecule has 0 radical (unpaired) electrons. The summed E-state index contributed by atoms with van der Waals surface area (Å²) in [5.74, 6) is -0.913. The van der Waals surface area contributed by atoms with Gasteiger partial charge in [0.25, 0.3) is 0 Å². The van der Waals surface area contributed by atoms with Crippen molar-refractivity contribution < 1.29 is 9.90 Å². The van der Waals surface area contributed by atoms with E-state index in [0.717, 1.165) is 0 Å². The second kappa shape index (κ2) is 5.34. The van der Waals surface area contributed by atoms with Gasteiger partial charge in [-0.05, 0) is 18.2 Å². The van der Waals surface area contributed by atoms with E-state index in [2.05, 4.69) is 10.3 Å². The second-order valence-corrected chi connectivity index (χ2v) is 4.44. The topological polar surface area (TPSA) is 88.2 Å². The lowest BCUT2D eigenvalue weighted by Crippen LogP contribution is -2.07. The van der Waals surface area contributed by atoms with Gasteiger partial charge in [-0.25, -0.2) is 9.78 Å². The van der Waals surface area contributed by atoms with Crippen molar-refractivity contribution >= 4 is 46.4 Å². The van der Waals surface area contributed by atoms with E-state index in [9.17, 15) is 4.79 Å². The third-order valence-electron chi connectivity index (χ3n) is 2.43. The summed E-state index contributed by atoms with van der Waals surface area (Å²) >= 11 is 11.9. The fourth-order valence-corrected chi connectivity index (χ4v) is 1.83. The van der Waals surface area contributed by atoms with E-state index >= 15 is 0 Å². The van der Waals surface area contributed by atoms with Crippen molar-refractivity contribution in [3.8, 4) is 0 Å². The molecule has 0 aliphatic rings. The Kier molecular flexibility index (Phi) is 3.78. The first-order valence-electron chi connectivity index (χ1n) is 5.19. The first-order valence-corrected chi connectivity index (χ1v) is 5.95. The highest BCUT2D eigenvalue weighted by molar-refractivity contribution is 6.43.